The van der Waals surface area contributed by atoms with Crippen molar-refractivity contribution in [3.05, 3.63) is 42.0 Å². The number of aromatic nitrogens is 1. The monoisotopic (exact) mass is 354 g/mol. The van der Waals surface area contributed by atoms with Gasteiger partial charge in [-0.1, -0.05) is 12.1 Å². The Balaban J connectivity index is 1.90. The fourth-order valence-corrected chi connectivity index (χ4v) is 2.97. The lowest BCUT2D eigenvalue weighted by atomic mass is 10.2. The van der Waals surface area contributed by atoms with Gasteiger partial charge in [0.2, 0.25) is 5.91 Å². The van der Waals surface area contributed by atoms with E-state index in [9.17, 15) is 9.59 Å². The molecule has 1 unspecified atom stereocenters. The van der Waals surface area contributed by atoms with Gasteiger partial charge in [-0.15, -0.1) is 0 Å². The van der Waals surface area contributed by atoms with Crippen molar-refractivity contribution in [2.45, 2.75) is 26.9 Å². The van der Waals surface area contributed by atoms with Gasteiger partial charge in [-0.3, -0.25) is 14.5 Å². The van der Waals surface area contributed by atoms with Crippen molar-refractivity contribution in [1.29, 1.82) is 0 Å². The minimum Gasteiger partial charge on any atom is -0.477 e. The number of nitrogen functional groups attached to an aromatic ring is 1. The molecule has 2 heterocycles. The Kier molecular flexibility index (Phi) is 4.79. The summed E-state index contributed by atoms with van der Waals surface area (Å²) in [7, 11) is 0. The summed E-state index contributed by atoms with van der Waals surface area (Å²) in [5.74, 6) is 0.470. The highest BCUT2D eigenvalue weighted by molar-refractivity contribution is 6.06. The average molecular weight is 354 g/mol. The summed E-state index contributed by atoms with van der Waals surface area (Å²) in [5.41, 5.74) is 7.61. The summed E-state index contributed by atoms with van der Waals surface area (Å²) < 4.78 is 5.56. The van der Waals surface area contributed by atoms with Crippen LogP contribution in [0, 0.1) is 6.92 Å². The first-order chi connectivity index (χ1) is 12.4. The normalized spacial score (nSPS) is 16.0. The van der Waals surface area contributed by atoms with E-state index in [-0.39, 0.29) is 30.0 Å². The lowest BCUT2D eigenvalue weighted by Gasteiger charge is -2.33. The highest BCUT2D eigenvalue weighted by Gasteiger charge is 2.35. The molecule has 0 spiro atoms. The highest BCUT2D eigenvalue weighted by atomic mass is 16.5. The zero-order chi connectivity index (χ0) is 18.8. The predicted molar refractivity (Wildman–Crippen MR) is 100 cm³/mol. The first kappa shape index (κ1) is 17.7. The van der Waals surface area contributed by atoms with Crippen LogP contribution in [0.2, 0.25) is 0 Å². The Morgan fingerprint density at radius 3 is 2.81 bits per heavy atom. The van der Waals surface area contributed by atoms with Crippen LogP contribution in [0.25, 0.3) is 0 Å². The molecule has 0 bridgehead atoms. The van der Waals surface area contributed by atoms with Crippen molar-refractivity contribution in [2.24, 2.45) is 0 Å². The van der Waals surface area contributed by atoms with E-state index in [1.54, 1.807) is 24.0 Å². The second kappa shape index (κ2) is 7.03. The van der Waals surface area contributed by atoms with Crippen LogP contribution in [0.1, 0.15) is 19.4 Å². The second-order valence-corrected chi connectivity index (χ2v) is 6.22. The van der Waals surface area contributed by atoms with Gasteiger partial charge in [0.1, 0.15) is 12.4 Å². The van der Waals surface area contributed by atoms with Gasteiger partial charge in [-0.25, -0.2) is 4.98 Å². The predicted octanol–water partition coefficient (Wildman–Crippen LogP) is 2.14. The van der Waals surface area contributed by atoms with Gasteiger partial charge >= 0.3 is 0 Å². The summed E-state index contributed by atoms with van der Waals surface area (Å²) >= 11 is 0. The third-order valence-corrected chi connectivity index (χ3v) is 4.26. The number of amides is 2. The molecule has 2 N–H and O–H groups in total. The van der Waals surface area contributed by atoms with Gasteiger partial charge in [0.15, 0.2) is 17.7 Å². The van der Waals surface area contributed by atoms with E-state index in [1.165, 1.54) is 4.90 Å². The van der Waals surface area contributed by atoms with E-state index in [0.29, 0.717) is 12.3 Å². The van der Waals surface area contributed by atoms with Gasteiger partial charge < -0.3 is 15.4 Å². The maximum absolute atomic E-state index is 12.9. The first-order valence-corrected chi connectivity index (χ1v) is 8.52. The van der Waals surface area contributed by atoms with Crippen LogP contribution in [0.3, 0.4) is 0 Å². The van der Waals surface area contributed by atoms with Crippen molar-refractivity contribution in [2.75, 3.05) is 28.6 Å². The number of ether oxygens (including phenoxy) is 1. The van der Waals surface area contributed by atoms with Crippen LogP contribution in [-0.4, -0.2) is 36.0 Å². The number of hydrogen-bond acceptors (Lipinski definition) is 5. The minimum atomic E-state index is -0.685. The zero-order valence-electron chi connectivity index (χ0n) is 15.1. The molecule has 0 fully saturated rings. The third kappa shape index (κ3) is 3.33. The van der Waals surface area contributed by atoms with E-state index in [2.05, 4.69) is 4.98 Å². The molecule has 0 aliphatic carbocycles. The number of nitrogens with two attached hydrogens (primary N) is 1. The lowest BCUT2D eigenvalue weighted by Crippen LogP contribution is -2.50. The molecule has 1 atom stereocenters. The van der Waals surface area contributed by atoms with Crippen molar-refractivity contribution in [1.82, 2.24) is 4.98 Å². The van der Waals surface area contributed by atoms with E-state index >= 15 is 0 Å². The molecule has 136 valence electrons. The molecule has 1 aromatic carbocycles. The molecule has 7 heteroatoms. The number of anilines is 3. The van der Waals surface area contributed by atoms with Crippen molar-refractivity contribution in [3.63, 3.8) is 0 Å². The maximum Gasteiger partial charge on any atom is 0.269 e. The van der Waals surface area contributed by atoms with Crippen LogP contribution in [0.4, 0.5) is 17.3 Å². The fraction of sp³-hybridized carbons (Fsp3) is 0.316. The largest absolute Gasteiger partial charge is 0.477 e. The van der Waals surface area contributed by atoms with Gasteiger partial charge in [0.05, 0.1) is 0 Å². The second-order valence-electron chi connectivity index (χ2n) is 6.22. The highest BCUT2D eigenvalue weighted by Crippen LogP contribution is 2.33. The Labute approximate surface area is 152 Å². The summed E-state index contributed by atoms with van der Waals surface area (Å²) in [6.07, 6.45) is -0.685. The van der Waals surface area contributed by atoms with Crippen LogP contribution < -0.4 is 20.3 Å². The summed E-state index contributed by atoms with van der Waals surface area (Å²) in [6.45, 7) is 5.88. The molecule has 2 aromatic rings. The number of benzene rings is 1. The summed E-state index contributed by atoms with van der Waals surface area (Å²) in [5, 5.41) is 0. The van der Waals surface area contributed by atoms with Gasteiger partial charge in [-0.05, 0) is 50.6 Å². The quantitative estimate of drug-likeness (QED) is 0.909. The smallest absolute Gasteiger partial charge is 0.269 e. The first-order valence-electron chi connectivity index (χ1n) is 8.52. The molecule has 1 aliphatic heterocycles. The number of rotatable bonds is 4. The molecule has 0 saturated heterocycles. The molecule has 7 nitrogen and oxygen atoms in total. The molecule has 1 aliphatic rings. The number of likely N-dealkylation sites (N-methyl/N-ethyl adjacent to an activating group) is 1. The van der Waals surface area contributed by atoms with Crippen molar-refractivity contribution >= 4 is 29.1 Å². The molecule has 26 heavy (non-hydrogen) atoms. The molecule has 3 rings (SSSR count). The number of fused-ring (bicyclic) bond motifs is 1. The Hall–Kier alpha value is -3.09. The minimum absolute atomic E-state index is 0.127. The number of carbonyl (C=O) groups is 2. The average Bonchev–Trinajstić information content (AvgIpc) is 2.60. The molecule has 1 aromatic heterocycles. The topological polar surface area (TPSA) is 88.8 Å². The summed E-state index contributed by atoms with van der Waals surface area (Å²) in [6, 6.07) is 11.0. The maximum atomic E-state index is 12.9. The Morgan fingerprint density at radius 2 is 2.12 bits per heavy atom. The SMILES string of the molecule is CCN(C(=O)CN1C(=O)C(C)Oc2ccc(N)nc21)c1cccc(C)c1. The zero-order valence-corrected chi connectivity index (χ0v) is 15.1. The van der Waals surface area contributed by atoms with Crippen LogP contribution in [-0.2, 0) is 9.59 Å². The van der Waals surface area contributed by atoms with E-state index in [1.807, 2.05) is 38.1 Å². The van der Waals surface area contributed by atoms with E-state index in [4.69, 9.17) is 10.5 Å². The number of pyridine rings is 1. The molecule has 0 saturated carbocycles. The third-order valence-electron chi connectivity index (χ3n) is 4.26. The molecular weight excluding hydrogens is 332 g/mol. The Morgan fingerprint density at radius 1 is 1.35 bits per heavy atom. The number of hydrogen-bond donors (Lipinski definition) is 1. The van der Waals surface area contributed by atoms with Crippen LogP contribution in [0.15, 0.2) is 36.4 Å². The number of aryl methyl sites for hydroxylation is 1. The van der Waals surface area contributed by atoms with Gasteiger partial charge in [0, 0.05) is 12.2 Å². The van der Waals surface area contributed by atoms with Gasteiger partial charge in [-0.2, -0.15) is 0 Å². The van der Waals surface area contributed by atoms with E-state index < -0.39 is 6.10 Å². The standard InChI is InChI=1S/C19H22N4O3/c1-4-22(14-7-5-6-12(2)10-14)17(24)11-23-18-15(8-9-16(20)21-18)26-13(3)19(23)25/h5-10,13H,4,11H2,1-3H3,(H2,20,21). The van der Waals surface area contributed by atoms with Crippen molar-refractivity contribution < 1.29 is 14.3 Å². The van der Waals surface area contributed by atoms with Crippen LogP contribution >= 0.6 is 0 Å². The van der Waals surface area contributed by atoms with Gasteiger partial charge in [0.25, 0.3) is 5.91 Å². The van der Waals surface area contributed by atoms with E-state index in [0.717, 1.165) is 11.3 Å². The van der Waals surface area contributed by atoms with Crippen molar-refractivity contribution in [3.8, 4) is 5.75 Å². The molecular formula is C19H22N4O3. The lowest BCUT2D eigenvalue weighted by molar-refractivity contribution is -0.127. The Bertz CT molecular complexity index is 852. The number of nitrogens with zero attached hydrogens (tertiary/aromatic N) is 3. The fourth-order valence-electron chi connectivity index (χ4n) is 2.97. The van der Waals surface area contributed by atoms with Crippen LogP contribution in [0.5, 0.6) is 5.75 Å². The summed E-state index contributed by atoms with van der Waals surface area (Å²) in [4.78, 5) is 32.7. The molecule has 2 amide bonds. The number of carbonyl (C=O) groups excluding carboxylic acids is 2. The molecule has 0 radical (unpaired) electrons.